The van der Waals surface area contributed by atoms with Crippen molar-refractivity contribution in [2.75, 3.05) is 12.4 Å². The van der Waals surface area contributed by atoms with Crippen molar-refractivity contribution in [1.29, 1.82) is 0 Å². The second-order valence-corrected chi connectivity index (χ2v) is 6.48. The molecule has 0 aliphatic rings. The maximum Gasteiger partial charge on any atom is 0.332 e. The number of hydrogen-bond acceptors (Lipinski definition) is 5. The van der Waals surface area contributed by atoms with Crippen molar-refractivity contribution in [3.05, 3.63) is 50.4 Å². The molecule has 142 valence electrons. The lowest BCUT2D eigenvalue weighted by molar-refractivity contribution is -0.118. The molecule has 1 amide bonds. The lowest BCUT2D eigenvalue weighted by atomic mass is 10.2. The van der Waals surface area contributed by atoms with E-state index in [0.29, 0.717) is 16.5 Å². The maximum absolute atomic E-state index is 12.7. The van der Waals surface area contributed by atoms with Gasteiger partial charge in [-0.3, -0.25) is 18.7 Å². The third-order valence-electron chi connectivity index (χ3n) is 4.39. The highest BCUT2D eigenvalue weighted by molar-refractivity contribution is 6.31. The first kappa shape index (κ1) is 18.7. The fraction of sp³-hybridized carbons (Fsp3) is 0.294. The quantitative estimate of drug-likeness (QED) is 0.722. The number of rotatable bonds is 4. The molecule has 3 aromatic rings. The Bertz CT molecular complexity index is 1160. The third-order valence-corrected chi connectivity index (χ3v) is 4.62. The third kappa shape index (κ3) is 3.10. The second-order valence-electron chi connectivity index (χ2n) is 6.04. The number of nitrogens with one attached hydrogen (secondary N) is 1. The van der Waals surface area contributed by atoms with Crippen LogP contribution in [0.15, 0.2) is 34.1 Å². The number of imidazole rings is 1. The predicted molar refractivity (Wildman–Crippen MR) is 102 cm³/mol. The summed E-state index contributed by atoms with van der Waals surface area (Å²) in [6.07, 6.45) is 1.37. The highest BCUT2D eigenvalue weighted by Crippen LogP contribution is 2.28. The van der Waals surface area contributed by atoms with Gasteiger partial charge in [-0.05, 0) is 25.1 Å². The predicted octanol–water partition coefficient (Wildman–Crippen LogP) is 1.30. The molecule has 0 saturated carbocycles. The van der Waals surface area contributed by atoms with Crippen molar-refractivity contribution in [1.82, 2.24) is 18.7 Å². The van der Waals surface area contributed by atoms with Crippen LogP contribution in [0, 0.1) is 0 Å². The van der Waals surface area contributed by atoms with Crippen molar-refractivity contribution in [3.63, 3.8) is 0 Å². The van der Waals surface area contributed by atoms with Gasteiger partial charge in [0.15, 0.2) is 11.2 Å². The molecule has 27 heavy (non-hydrogen) atoms. The van der Waals surface area contributed by atoms with Gasteiger partial charge in [-0.15, -0.1) is 0 Å². The molecule has 1 unspecified atom stereocenters. The zero-order valence-corrected chi connectivity index (χ0v) is 15.9. The van der Waals surface area contributed by atoms with Crippen molar-refractivity contribution in [2.24, 2.45) is 14.1 Å². The van der Waals surface area contributed by atoms with Crippen molar-refractivity contribution >= 4 is 34.4 Å². The molecule has 1 atom stereocenters. The summed E-state index contributed by atoms with van der Waals surface area (Å²) in [4.78, 5) is 41.4. The van der Waals surface area contributed by atoms with Gasteiger partial charge >= 0.3 is 5.69 Å². The number of ether oxygens (including phenoxy) is 1. The zero-order chi connectivity index (χ0) is 19.9. The van der Waals surface area contributed by atoms with Crippen LogP contribution >= 0.6 is 11.6 Å². The van der Waals surface area contributed by atoms with E-state index in [-0.39, 0.29) is 11.2 Å². The molecule has 1 aromatic carbocycles. The molecule has 0 aliphatic carbocycles. The van der Waals surface area contributed by atoms with E-state index >= 15 is 0 Å². The number of benzene rings is 1. The fourth-order valence-corrected chi connectivity index (χ4v) is 2.97. The fourth-order valence-electron chi connectivity index (χ4n) is 2.80. The van der Waals surface area contributed by atoms with E-state index in [1.165, 1.54) is 36.7 Å². The second kappa shape index (κ2) is 6.92. The van der Waals surface area contributed by atoms with Gasteiger partial charge in [-0.1, -0.05) is 11.6 Å². The number of aryl methyl sites for hydroxylation is 1. The summed E-state index contributed by atoms with van der Waals surface area (Å²) in [7, 11) is 4.38. The summed E-state index contributed by atoms with van der Waals surface area (Å²) in [6.45, 7) is 1.62. The van der Waals surface area contributed by atoms with Crippen molar-refractivity contribution in [2.45, 2.75) is 13.0 Å². The van der Waals surface area contributed by atoms with E-state index < -0.39 is 23.2 Å². The average molecular weight is 392 g/mol. The molecule has 2 heterocycles. The van der Waals surface area contributed by atoms with Gasteiger partial charge in [0, 0.05) is 19.1 Å². The summed E-state index contributed by atoms with van der Waals surface area (Å²) >= 11 is 5.99. The molecule has 2 aromatic heterocycles. The smallest absolute Gasteiger partial charge is 0.332 e. The Balaban J connectivity index is 2.03. The SMILES string of the molecule is COc1ccc(Cl)cc1NC(=O)C(C)n1cnc2c1c(=O)n(C)c(=O)n2C. The monoisotopic (exact) mass is 391 g/mol. The molecule has 1 N–H and O–H groups in total. The van der Waals surface area contributed by atoms with Gasteiger partial charge < -0.3 is 14.6 Å². The van der Waals surface area contributed by atoms with Crippen LogP contribution in [0.1, 0.15) is 13.0 Å². The normalized spacial score (nSPS) is 12.2. The van der Waals surface area contributed by atoms with Gasteiger partial charge in [0.05, 0.1) is 19.1 Å². The summed E-state index contributed by atoms with van der Waals surface area (Å²) < 4.78 is 8.89. The van der Waals surface area contributed by atoms with Gasteiger partial charge in [0.25, 0.3) is 5.56 Å². The minimum atomic E-state index is -0.774. The number of hydrogen-bond donors (Lipinski definition) is 1. The number of nitrogens with zero attached hydrogens (tertiary/aromatic N) is 4. The highest BCUT2D eigenvalue weighted by atomic mass is 35.5. The Kier molecular flexibility index (Phi) is 4.79. The van der Waals surface area contributed by atoms with E-state index in [4.69, 9.17) is 16.3 Å². The molecule has 10 heteroatoms. The summed E-state index contributed by atoms with van der Waals surface area (Å²) in [6, 6.07) is 4.08. The zero-order valence-electron chi connectivity index (χ0n) is 15.2. The number of carbonyl (C=O) groups excluding carboxylic acids is 1. The molecule has 0 fully saturated rings. The van der Waals surface area contributed by atoms with Crippen LogP contribution in [0.5, 0.6) is 5.75 Å². The summed E-state index contributed by atoms with van der Waals surface area (Å²) in [5.74, 6) is 0.0551. The summed E-state index contributed by atoms with van der Waals surface area (Å²) in [5, 5.41) is 3.18. The number of aromatic nitrogens is 4. The van der Waals surface area contributed by atoms with Crippen LogP contribution < -0.4 is 21.3 Å². The topological polar surface area (TPSA) is 100 Å². The highest BCUT2D eigenvalue weighted by Gasteiger charge is 2.22. The Labute approximate surface area is 158 Å². The Hall–Kier alpha value is -3.07. The van der Waals surface area contributed by atoms with Crippen LogP contribution in [-0.2, 0) is 18.9 Å². The number of anilines is 1. The molecule has 0 aliphatic heterocycles. The molecule has 3 rings (SSSR count). The van der Waals surface area contributed by atoms with Gasteiger partial charge in [0.1, 0.15) is 11.8 Å². The lowest BCUT2D eigenvalue weighted by Crippen LogP contribution is -2.38. The minimum Gasteiger partial charge on any atom is -0.495 e. The Morgan fingerprint density at radius 3 is 2.63 bits per heavy atom. The average Bonchev–Trinajstić information content (AvgIpc) is 3.09. The molecule has 0 saturated heterocycles. The molecular weight excluding hydrogens is 374 g/mol. The van der Waals surface area contributed by atoms with Crippen LogP contribution in [0.4, 0.5) is 5.69 Å². The number of methoxy groups -OCH3 is 1. The number of carbonyl (C=O) groups is 1. The molecule has 0 bridgehead atoms. The molecular formula is C17H18ClN5O4. The lowest BCUT2D eigenvalue weighted by Gasteiger charge is -2.16. The Morgan fingerprint density at radius 1 is 1.26 bits per heavy atom. The molecule has 0 spiro atoms. The van der Waals surface area contributed by atoms with Crippen molar-refractivity contribution in [3.8, 4) is 5.75 Å². The maximum atomic E-state index is 12.7. The van der Waals surface area contributed by atoms with Crippen LogP contribution in [0.3, 0.4) is 0 Å². The number of amides is 1. The molecule has 0 radical (unpaired) electrons. The number of halogens is 1. The van der Waals surface area contributed by atoms with Crippen molar-refractivity contribution < 1.29 is 9.53 Å². The first-order valence-corrected chi connectivity index (χ1v) is 8.41. The van der Waals surface area contributed by atoms with Crippen LogP contribution in [-0.4, -0.2) is 31.7 Å². The van der Waals surface area contributed by atoms with Gasteiger partial charge in [0.2, 0.25) is 5.91 Å². The van der Waals surface area contributed by atoms with Gasteiger partial charge in [-0.2, -0.15) is 0 Å². The summed E-state index contributed by atoms with van der Waals surface area (Å²) in [5.41, 5.74) is -0.223. The van der Waals surface area contributed by atoms with Crippen LogP contribution in [0.2, 0.25) is 5.02 Å². The standard InChI is InChI=1S/C17H18ClN5O4/c1-9(15(24)20-11-7-10(18)5-6-12(11)27-4)23-8-19-14-13(23)16(25)22(3)17(26)21(14)2/h5-9H,1-4H3,(H,20,24). The van der Waals surface area contributed by atoms with E-state index in [0.717, 1.165) is 4.57 Å². The Morgan fingerprint density at radius 2 is 1.96 bits per heavy atom. The van der Waals surface area contributed by atoms with E-state index in [9.17, 15) is 14.4 Å². The van der Waals surface area contributed by atoms with E-state index in [1.807, 2.05) is 0 Å². The minimum absolute atomic E-state index is 0.167. The van der Waals surface area contributed by atoms with E-state index in [1.54, 1.807) is 25.1 Å². The van der Waals surface area contributed by atoms with E-state index in [2.05, 4.69) is 10.3 Å². The van der Waals surface area contributed by atoms with Crippen LogP contribution in [0.25, 0.3) is 11.2 Å². The van der Waals surface area contributed by atoms with Gasteiger partial charge in [-0.25, -0.2) is 9.78 Å². The first-order chi connectivity index (χ1) is 12.8. The molecule has 9 nitrogen and oxygen atoms in total. The first-order valence-electron chi connectivity index (χ1n) is 8.03. The number of fused-ring (bicyclic) bond motifs is 1. The largest absolute Gasteiger partial charge is 0.495 e.